The van der Waals surface area contributed by atoms with Crippen LogP contribution in [-0.4, -0.2) is 36.2 Å². The summed E-state index contributed by atoms with van der Waals surface area (Å²) in [5.41, 5.74) is 1.91. The van der Waals surface area contributed by atoms with Crippen LogP contribution < -0.4 is 4.72 Å². The van der Waals surface area contributed by atoms with Crippen LogP contribution in [0.3, 0.4) is 0 Å². The minimum absolute atomic E-state index is 0.0345. The molecule has 2 fully saturated rings. The normalized spacial score (nSPS) is 17.5. The molecule has 33 heavy (non-hydrogen) atoms. The first-order valence-corrected chi connectivity index (χ1v) is 14.6. The molecule has 2 aliphatic carbocycles. The van der Waals surface area contributed by atoms with Gasteiger partial charge in [0, 0.05) is 6.26 Å². The van der Waals surface area contributed by atoms with Crippen LogP contribution >= 0.6 is 0 Å². The summed E-state index contributed by atoms with van der Waals surface area (Å²) in [5.74, 6) is -0.325. The minimum Gasteiger partial charge on any atom is -0.465 e. The van der Waals surface area contributed by atoms with E-state index in [0.29, 0.717) is 5.56 Å². The van der Waals surface area contributed by atoms with Gasteiger partial charge in [-0.1, -0.05) is 31.4 Å². The molecule has 0 saturated heterocycles. The van der Waals surface area contributed by atoms with E-state index in [9.17, 15) is 21.6 Å². The summed E-state index contributed by atoms with van der Waals surface area (Å²) in [6, 6.07) is 9.30. The second-order valence-electron chi connectivity index (χ2n) is 8.98. The maximum Gasteiger partial charge on any atom is 0.337 e. The molecule has 0 spiro atoms. The fraction of sp³-hybridized carbons (Fsp3) is 0.458. The summed E-state index contributed by atoms with van der Waals surface area (Å²) in [6.07, 6.45) is 7.98. The van der Waals surface area contributed by atoms with Crippen LogP contribution in [0, 0.1) is 0 Å². The molecule has 0 amide bonds. The Morgan fingerprint density at radius 2 is 1.52 bits per heavy atom. The van der Waals surface area contributed by atoms with Gasteiger partial charge in [-0.05, 0) is 72.9 Å². The Labute approximate surface area is 195 Å². The van der Waals surface area contributed by atoms with Gasteiger partial charge < -0.3 is 4.74 Å². The summed E-state index contributed by atoms with van der Waals surface area (Å²) in [7, 11) is -6.36. The highest BCUT2D eigenvalue weighted by Gasteiger charge is 2.32. The van der Waals surface area contributed by atoms with Gasteiger partial charge in [-0.15, -0.1) is 0 Å². The van der Waals surface area contributed by atoms with Gasteiger partial charge in [-0.25, -0.2) is 21.6 Å². The molecule has 2 saturated carbocycles. The average Bonchev–Trinajstić information content (AvgIpc) is 3.63. The lowest BCUT2D eigenvalue weighted by molar-refractivity contribution is 0.0600. The van der Waals surface area contributed by atoms with Crippen molar-refractivity contribution < 1.29 is 26.4 Å². The van der Waals surface area contributed by atoms with E-state index in [1.54, 1.807) is 24.3 Å². The highest BCUT2D eigenvalue weighted by atomic mass is 32.2. The summed E-state index contributed by atoms with van der Waals surface area (Å²) in [6.45, 7) is 0. The number of hydrogen-bond donors (Lipinski definition) is 1. The number of sulfone groups is 1. The van der Waals surface area contributed by atoms with Gasteiger partial charge in [-0.3, -0.25) is 4.72 Å². The molecule has 2 aromatic carbocycles. The van der Waals surface area contributed by atoms with E-state index in [-0.39, 0.29) is 32.9 Å². The fourth-order valence-corrected chi connectivity index (χ4v) is 6.62. The Bertz CT molecular complexity index is 1270. The molecule has 0 unspecified atom stereocenters. The molecule has 4 rings (SSSR count). The molecular formula is C24H29NO6S2. The summed E-state index contributed by atoms with van der Waals surface area (Å²) in [4.78, 5) is 12.2. The summed E-state index contributed by atoms with van der Waals surface area (Å²) >= 11 is 0. The van der Waals surface area contributed by atoms with E-state index in [1.165, 1.54) is 19.2 Å². The first-order chi connectivity index (χ1) is 15.6. The predicted molar refractivity (Wildman–Crippen MR) is 126 cm³/mol. The molecule has 0 aromatic heterocycles. The first kappa shape index (κ1) is 23.8. The minimum atomic E-state index is -4.09. The van der Waals surface area contributed by atoms with Crippen LogP contribution in [0.4, 0.5) is 5.69 Å². The molecule has 0 radical (unpaired) electrons. The van der Waals surface area contributed by atoms with Crippen LogP contribution in [-0.2, 0) is 24.6 Å². The van der Waals surface area contributed by atoms with E-state index in [4.69, 9.17) is 4.74 Å². The Hall–Kier alpha value is -2.39. The van der Waals surface area contributed by atoms with Crippen LogP contribution in [0.1, 0.15) is 78.3 Å². The monoisotopic (exact) mass is 491 g/mol. The first-order valence-electron chi connectivity index (χ1n) is 11.2. The number of anilines is 1. The van der Waals surface area contributed by atoms with Crippen LogP contribution in [0.5, 0.6) is 0 Å². The smallest absolute Gasteiger partial charge is 0.337 e. The molecule has 9 heteroatoms. The average molecular weight is 492 g/mol. The zero-order valence-electron chi connectivity index (χ0n) is 18.8. The van der Waals surface area contributed by atoms with Crippen molar-refractivity contribution in [3.8, 4) is 0 Å². The molecule has 0 bridgehead atoms. The number of carbonyl (C=O) groups is 1. The highest BCUT2D eigenvalue weighted by molar-refractivity contribution is 7.92. The van der Waals surface area contributed by atoms with Gasteiger partial charge in [0.05, 0.1) is 28.2 Å². The van der Waals surface area contributed by atoms with Crippen molar-refractivity contribution in [2.45, 2.75) is 66.6 Å². The summed E-state index contributed by atoms with van der Waals surface area (Å²) < 4.78 is 59.0. The van der Waals surface area contributed by atoms with Crippen LogP contribution in [0.2, 0.25) is 0 Å². The van der Waals surface area contributed by atoms with Gasteiger partial charge in [0.25, 0.3) is 10.0 Å². The van der Waals surface area contributed by atoms with Crippen molar-refractivity contribution in [2.24, 2.45) is 0 Å². The third kappa shape index (κ3) is 5.24. The fourth-order valence-electron chi connectivity index (χ4n) is 4.57. The number of methoxy groups -OCH3 is 1. The van der Waals surface area contributed by atoms with E-state index < -0.39 is 25.8 Å². The van der Waals surface area contributed by atoms with Crippen molar-refractivity contribution in [1.82, 2.24) is 0 Å². The number of ether oxygens (including phenoxy) is 1. The van der Waals surface area contributed by atoms with Crippen molar-refractivity contribution in [3.05, 3.63) is 53.1 Å². The largest absolute Gasteiger partial charge is 0.465 e. The van der Waals surface area contributed by atoms with Crippen LogP contribution in [0.15, 0.2) is 46.2 Å². The predicted octanol–water partition coefficient (Wildman–Crippen LogP) is 4.60. The maximum atomic E-state index is 13.6. The molecule has 7 nitrogen and oxygen atoms in total. The number of carbonyl (C=O) groups excluding carboxylic acids is 1. The Kier molecular flexibility index (Phi) is 6.55. The van der Waals surface area contributed by atoms with Gasteiger partial charge in [0.1, 0.15) is 0 Å². The SMILES string of the molecule is COC(=O)c1ccc(C2CC2)c(S(=O)(=O)Nc2cc(S(C)(=O)=O)ccc2C2CCCCC2)c1. The van der Waals surface area contributed by atoms with E-state index in [0.717, 1.165) is 56.8 Å². The van der Waals surface area contributed by atoms with Gasteiger partial charge in [0.15, 0.2) is 9.84 Å². The van der Waals surface area contributed by atoms with Crippen molar-refractivity contribution in [1.29, 1.82) is 0 Å². The molecule has 0 aliphatic heterocycles. The van der Waals surface area contributed by atoms with Gasteiger partial charge in [0.2, 0.25) is 0 Å². The lowest BCUT2D eigenvalue weighted by Gasteiger charge is -2.25. The van der Waals surface area contributed by atoms with Crippen molar-refractivity contribution >= 4 is 31.5 Å². The van der Waals surface area contributed by atoms with E-state index >= 15 is 0 Å². The summed E-state index contributed by atoms with van der Waals surface area (Å²) in [5, 5.41) is 0. The number of hydrogen-bond acceptors (Lipinski definition) is 6. The number of nitrogens with one attached hydrogen (secondary N) is 1. The van der Waals surface area contributed by atoms with E-state index in [2.05, 4.69) is 4.72 Å². The highest BCUT2D eigenvalue weighted by Crippen LogP contribution is 2.44. The Morgan fingerprint density at radius 3 is 2.12 bits per heavy atom. The molecule has 178 valence electrons. The second kappa shape index (κ2) is 9.10. The number of benzene rings is 2. The number of rotatable bonds is 7. The number of esters is 1. The molecular weight excluding hydrogens is 462 g/mol. The maximum absolute atomic E-state index is 13.6. The molecule has 0 heterocycles. The van der Waals surface area contributed by atoms with Gasteiger partial charge in [-0.2, -0.15) is 0 Å². The Balaban J connectivity index is 1.79. The standard InChI is InChI=1S/C24H29NO6S2/c1-31-24(26)18-10-12-21(17-8-9-17)23(14-18)33(29,30)25-22-15-19(32(2,27)28)11-13-20(22)16-6-4-3-5-7-16/h10-17,25H,3-9H2,1-2H3. The lowest BCUT2D eigenvalue weighted by atomic mass is 9.83. The Morgan fingerprint density at radius 1 is 0.879 bits per heavy atom. The lowest BCUT2D eigenvalue weighted by Crippen LogP contribution is -2.19. The third-order valence-electron chi connectivity index (χ3n) is 6.48. The topological polar surface area (TPSA) is 107 Å². The van der Waals surface area contributed by atoms with Crippen molar-refractivity contribution in [2.75, 3.05) is 18.1 Å². The molecule has 2 aliphatic rings. The van der Waals surface area contributed by atoms with Crippen molar-refractivity contribution in [3.63, 3.8) is 0 Å². The zero-order valence-corrected chi connectivity index (χ0v) is 20.5. The van der Waals surface area contributed by atoms with Gasteiger partial charge >= 0.3 is 5.97 Å². The molecule has 0 atom stereocenters. The number of sulfonamides is 1. The van der Waals surface area contributed by atoms with Crippen LogP contribution in [0.25, 0.3) is 0 Å². The second-order valence-corrected chi connectivity index (χ2v) is 12.6. The third-order valence-corrected chi connectivity index (χ3v) is 9.02. The van der Waals surface area contributed by atoms with E-state index in [1.807, 2.05) is 0 Å². The quantitative estimate of drug-likeness (QED) is 0.567. The molecule has 1 N–H and O–H groups in total. The zero-order chi connectivity index (χ0) is 23.8. The molecule has 2 aromatic rings.